The van der Waals surface area contributed by atoms with Crippen molar-refractivity contribution in [3.63, 3.8) is 0 Å². The SMILES string of the molecule is O=CCO[C@@H]1C[C@H]2C[C@H]1[C@H]1C=CC[C@H]21. The Morgan fingerprint density at radius 1 is 1.36 bits per heavy atom. The van der Waals surface area contributed by atoms with E-state index in [1.807, 2.05) is 0 Å². The van der Waals surface area contributed by atoms with Gasteiger partial charge in [0.15, 0.2) is 0 Å². The number of carbonyl (C=O) groups excluding carboxylic acids is 1. The number of hydrogen-bond acceptors (Lipinski definition) is 2. The van der Waals surface area contributed by atoms with E-state index in [1.54, 1.807) is 0 Å². The molecule has 76 valence electrons. The Morgan fingerprint density at radius 3 is 3.14 bits per heavy atom. The van der Waals surface area contributed by atoms with Gasteiger partial charge in [0.2, 0.25) is 0 Å². The highest BCUT2D eigenvalue weighted by Gasteiger charge is 2.52. The summed E-state index contributed by atoms with van der Waals surface area (Å²) in [6.45, 7) is 0.287. The third kappa shape index (κ3) is 1.10. The number of fused-ring (bicyclic) bond motifs is 5. The molecule has 0 aliphatic heterocycles. The lowest BCUT2D eigenvalue weighted by Gasteiger charge is -2.30. The van der Waals surface area contributed by atoms with E-state index in [0.717, 1.165) is 24.0 Å². The topological polar surface area (TPSA) is 26.3 Å². The van der Waals surface area contributed by atoms with Gasteiger partial charge in [0, 0.05) is 0 Å². The molecule has 0 aromatic heterocycles. The smallest absolute Gasteiger partial charge is 0.145 e. The predicted molar refractivity (Wildman–Crippen MR) is 52.8 cm³/mol. The summed E-state index contributed by atoms with van der Waals surface area (Å²) in [4.78, 5) is 10.3. The summed E-state index contributed by atoms with van der Waals surface area (Å²) in [5.41, 5.74) is 0. The van der Waals surface area contributed by atoms with Crippen molar-refractivity contribution in [2.45, 2.75) is 25.4 Å². The zero-order chi connectivity index (χ0) is 9.54. The van der Waals surface area contributed by atoms with Gasteiger partial charge < -0.3 is 9.53 Å². The first kappa shape index (κ1) is 8.66. The van der Waals surface area contributed by atoms with Gasteiger partial charge in [-0.15, -0.1) is 0 Å². The van der Waals surface area contributed by atoms with Crippen LogP contribution in [0.2, 0.25) is 0 Å². The van der Waals surface area contributed by atoms with Gasteiger partial charge >= 0.3 is 0 Å². The first-order valence-electron chi connectivity index (χ1n) is 5.62. The van der Waals surface area contributed by atoms with Crippen LogP contribution < -0.4 is 0 Å². The van der Waals surface area contributed by atoms with E-state index >= 15 is 0 Å². The van der Waals surface area contributed by atoms with Gasteiger partial charge in [-0.3, -0.25) is 0 Å². The summed E-state index contributed by atoms with van der Waals surface area (Å²) >= 11 is 0. The summed E-state index contributed by atoms with van der Waals surface area (Å²) in [6.07, 6.45) is 9.77. The predicted octanol–water partition coefficient (Wildman–Crippen LogP) is 1.80. The fourth-order valence-electron chi connectivity index (χ4n) is 3.84. The molecule has 3 aliphatic rings. The molecule has 3 aliphatic carbocycles. The number of carbonyl (C=O) groups is 1. The largest absolute Gasteiger partial charge is 0.370 e. The molecule has 0 amide bonds. The van der Waals surface area contributed by atoms with E-state index in [0.29, 0.717) is 12.0 Å². The highest BCUT2D eigenvalue weighted by molar-refractivity contribution is 5.50. The normalized spacial score (nSPS) is 48.4. The third-order valence-electron chi connectivity index (χ3n) is 4.33. The van der Waals surface area contributed by atoms with Gasteiger partial charge in [-0.25, -0.2) is 0 Å². The Kier molecular flexibility index (Phi) is 1.98. The molecule has 0 unspecified atom stereocenters. The van der Waals surface area contributed by atoms with Crippen LogP contribution in [0.5, 0.6) is 0 Å². The second-order valence-electron chi connectivity index (χ2n) is 4.84. The standard InChI is InChI=1S/C12H16O2/c13-4-5-14-12-7-8-6-11(12)10-3-1-2-9(8)10/h1,3-4,8-12H,2,5-7H2/t8-,9-,10+,11+,12-/m1/s1. The number of hydrogen-bond donors (Lipinski definition) is 0. The Hall–Kier alpha value is -0.630. The summed E-state index contributed by atoms with van der Waals surface area (Å²) in [5, 5.41) is 0. The molecule has 2 heteroatoms. The van der Waals surface area contributed by atoms with Crippen molar-refractivity contribution in [3.05, 3.63) is 12.2 Å². The van der Waals surface area contributed by atoms with Crippen LogP contribution in [0.15, 0.2) is 12.2 Å². The number of allylic oxidation sites excluding steroid dienone is 2. The summed E-state index contributed by atoms with van der Waals surface area (Å²) in [7, 11) is 0. The quantitative estimate of drug-likeness (QED) is 0.503. The zero-order valence-corrected chi connectivity index (χ0v) is 8.26. The third-order valence-corrected chi connectivity index (χ3v) is 4.33. The van der Waals surface area contributed by atoms with Crippen LogP contribution in [0.1, 0.15) is 19.3 Å². The fraction of sp³-hybridized carbons (Fsp3) is 0.750. The van der Waals surface area contributed by atoms with Crippen molar-refractivity contribution in [1.29, 1.82) is 0 Å². The molecule has 2 nitrogen and oxygen atoms in total. The van der Waals surface area contributed by atoms with Crippen LogP contribution in [0.3, 0.4) is 0 Å². The van der Waals surface area contributed by atoms with Crippen LogP contribution in [0.25, 0.3) is 0 Å². The summed E-state index contributed by atoms with van der Waals surface area (Å²) in [5.74, 6) is 3.27. The average molecular weight is 192 g/mol. The Bertz CT molecular complexity index is 271. The van der Waals surface area contributed by atoms with Crippen molar-refractivity contribution in [3.8, 4) is 0 Å². The van der Waals surface area contributed by atoms with Crippen molar-refractivity contribution in [2.75, 3.05) is 6.61 Å². The fourth-order valence-corrected chi connectivity index (χ4v) is 3.84. The van der Waals surface area contributed by atoms with Crippen molar-refractivity contribution in [1.82, 2.24) is 0 Å². The molecule has 14 heavy (non-hydrogen) atoms. The molecule has 2 bridgehead atoms. The second kappa shape index (κ2) is 3.20. The van der Waals surface area contributed by atoms with Crippen molar-refractivity contribution < 1.29 is 9.53 Å². The van der Waals surface area contributed by atoms with Crippen LogP contribution in [0, 0.1) is 23.7 Å². The van der Waals surface area contributed by atoms with Crippen LogP contribution in [-0.2, 0) is 9.53 Å². The first-order valence-corrected chi connectivity index (χ1v) is 5.62. The van der Waals surface area contributed by atoms with E-state index in [4.69, 9.17) is 4.74 Å². The monoisotopic (exact) mass is 192 g/mol. The minimum absolute atomic E-state index is 0.287. The Balaban J connectivity index is 1.70. The lowest BCUT2D eigenvalue weighted by atomic mass is 9.80. The van der Waals surface area contributed by atoms with Gasteiger partial charge in [-0.2, -0.15) is 0 Å². The van der Waals surface area contributed by atoms with Crippen LogP contribution in [-0.4, -0.2) is 19.0 Å². The van der Waals surface area contributed by atoms with Crippen LogP contribution >= 0.6 is 0 Å². The molecule has 2 saturated carbocycles. The van der Waals surface area contributed by atoms with Crippen molar-refractivity contribution >= 4 is 6.29 Å². The van der Waals surface area contributed by atoms with E-state index in [1.165, 1.54) is 19.3 Å². The molecule has 0 saturated heterocycles. The molecule has 3 rings (SSSR count). The van der Waals surface area contributed by atoms with Gasteiger partial charge in [0.05, 0.1) is 6.10 Å². The molecule has 0 heterocycles. The molecular formula is C12H16O2. The Morgan fingerprint density at radius 2 is 2.29 bits per heavy atom. The molecule has 0 aromatic rings. The van der Waals surface area contributed by atoms with E-state index in [9.17, 15) is 4.79 Å². The molecule has 5 atom stereocenters. The van der Waals surface area contributed by atoms with Gasteiger partial charge in [-0.05, 0) is 42.9 Å². The molecule has 0 radical (unpaired) electrons. The van der Waals surface area contributed by atoms with Gasteiger partial charge in [-0.1, -0.05) is 12.2 Å². The maximum atomic E-state index is 10.3. The van der Waals surface area contributed by atoms with E-state index in [-0.39, 0.29) is 6.61 Å². The maximum absolute atomic E-state index is 10.3. The molecule has 2 fully saturated rings. The maximum Gasteiger partial charge on any atom is 0.145 e. The number of ether oxygens (including phenoxy) is 1. The van der Waals surface area contributed by atoms with Crippen LogP contribution in [0.4, 0.5) is 0 Å². The Labute approximate surface area is 84.3 Å². The first-order chi connectivity index (χ1) is 6.90. The number of aldehydes is 1. The lowest BCUT2D eigenvalue weighted by molar-refractivity contribution is -0.115. The summed E-state index contributed by atoms with van der Waals surface area (Å²) in [6, 6.07) is 0. The van der Waals surface area contributed by atoms with E-state index in [2.05, 4.69) is 12.2 Å². The molecule has 0 N–H and O–H groups in total. The van der Waals surface area contributed by atoms with Gasteiger partial charge in [0.1, 0.15) is 12.9 Å². The summed E-state index contributed by atoms with van der Waals surface area (Å²) < 4.78 is 5.59. The number of rotatable bonds is 3. The second-order valence-corrected chi connectivity index (χ2v) is 4.84. The lowest BCUT2D eigenvalue weighted by Crippen LogP contribution is -2.30. The minimum atomic E-state index is 0.287. The molecule has 0 aromatic carbocycles. The average Bonchev–Trinajstić information content (AvgIpc) is 2.85. The van der Waals surface area contributed by atoms with Crippen molar-refractivity contribution in [2.24, 2.45) is 23.7 Å². The van der Waals surface area contributed by atoms with Gasteiger partial charge in [0.25, 0.3) is 0 Å². The zero-order valence-electron chi connectivity index (χ0n) is 8.26. The highest BCUT2D eigenvalue weighted by atomic mass is 16.5. The molecular weight excluding hydrogens is 176 g/mol. The highest BCUT2D eigenvalue weighted by Crippen LogP contribution is 2.57. The molecule has 0 spiro atoms. The minimum Gasteiger partial charge on any atom is -0.370 e. The van der Waals surface area contributed by atoms with E-state index < -0.39 is 0 Å².